The Kier molecular flexibility index (Phi) is 3.12. The predicted octanol–water partition coefficient (Wildman–Crippen LogP) is 2.30. The van der Waals surface area contributed by atoms with Crippen molar-refractivity contribution in [1.29, 1.82) is 0 Å². The Hall–Kier alpha value is -2.76. The highest BCUT2D eigenvalue weighted by Gasteiger charge is 2.12. The van der Waals surface area contributed by atoms with Crippen molar-refractivity contribution in [3.63, 3.8) is 0 Å². The fourth-order valence-corrected chi connectivity index (χ4v) is 1.96. The topological polar surface area (TPSA) is 89.1 Å². The fourth-order valence-electron chi connectivity index (χ4n) is 1.96. The number of hydrogen-bond acceptors (Lipinski definition) is 5. The van der Waals surface area contributed by atoms with E-state index in [1.54, 1.807) is 12.3 Å². The van der Waals surface area contributed by atoms with Crippen LogP contribution in [0.25, 0.3) is 22.4 Å². The summed E-state index contributed by atoms with van der Waals surface area (Å²) in [6, 6.07) is 9.45. The number of carboxylic acid groups (broad SMARTS) is 1. The Labute approximate surface area is 114 Å². The molecule has 0 saturated heterocycles. The number of rotatable bonds is 4. The molecule has 0 aliphatic carbocycles. The lowest BCUT2D eigenvalue weighted by molar-refractivity contribution is -0.137. The van der Waals surface area contributed by atoms with E-state index in [0.717, 1.165) is 16.5 Å². The first-order valence-corrected chi connectivity index (χ1v) is 6.12. The Morgan fingerprint density at radius 1 is 1.20 bits per heavy atom. The molecule has 0 radical (unpaired) electrons. The van der Waals surface area contributed by atoms with Gasteiger partial charge in [-0.25, -0.2) is 0 Å². The van der Waals surface area contributed by atoms with Gasteiger partial charge in [0.15, 0.2) is 0 Å². The lowest BCUT2D eigenvalue weighted by atomic mass is 10.1. The molecule has 1 aromatic carbocycles. The predicted molar refractivity (Wildman–Crippen MR) is 71.0 cm³/mol. The van der Waals surface area contributed by atoms with Gasteiger partial charge in [-0.1, -0.05) is 18.2 Å². The van der Waals surface area contributed by atoms with Gasteiger partial charge in [0, 0.05) is 23.6 Å². The molecule has 2 heterocycles. The van der Waals surface area contributed by atoms with Crippen molar-refractivity contribution in [2.75, 3.05) is 0 Å². The number of pyridine rings is 1. The van der Waals surface area contributed by atoms with E-state index in [4.69, 9.17) is 9.52 Å². The first-order chi connectivity index (χ1) is 9.74. The molecule has 6 heteroatoms. The second kappa shape index (κ2) is 5.08. The van der Waals surface area contributed by atoms with Crippen molar-refractivity contribution in [2.45, 2.75) is 12.8 Å². The maximum atomic E-state index is 10.5. The van der Waals surface area contributed by atoms with Gasteiger partial charge in [0.2, 0.25) is 11.8 Å². The molecule has 0 aliphatic rings. The van der Waals surface area contributed by atoms with Gasteiger partial charge in [-0.05, 0) is 12.1 Å². The maximum absolute atomic E-state index is 10.5. The van der Waals surface area contributed by atoms with Gasteiger partial charge in [0.25, 0.3) is 0 Å². The molecule has 3 aromatic rings. The number of aromatic nitrogens is 3. The van der Waals surface area contributed by atoms with Gasteiger partial charge in [-0.3, -0.25) is 9.78 Å². The van der Waals surface area contributed by atoms with Crippen molar-refractivity contribution < 1.29 is 14.3 Å². The summed E-state index contributed by atoms with van der Waals surface area (Å²) < 4.78 is 5.51. The standard InChI is InChI=1S/C14H11N3O3/c18-13(19)6-5-12-16-17-14(20-12)10-7-8-15-11-4-2-1-3-9(10)11/h1-4,7-8H,5-6H2,(H,18,19). The Morgan fingerprint density at radius 2 is 2.05 bits per heavy atom. The van der Waals surface area contributed by atoms with Crippen molar-refractivity contribution in [3.05, 3.63) is 42.4 Å². The maximum Gasteiger partial charge on any atom is 0.303 e. The van der Waals surface area contributed by atoms with Gasteiger partial charge >= 0.3 is 5.97 Å². The van der Waals surface area contributed by atoms with E-state index < -0.39 is 5.97 Å². The van der Waals surface area contributed by atoms with Crippen LogP contribution in [0.2, 0.25) is 0 Å². The minimum absolute atomic E-state index is 0.0290. The molecule has 100 valence electrons. The molecule has 0 amide bonds. The molecule has 0 bridgehead atoms. The number of nitrogens with zero attached hydrogens (tertiary/aromatic N) is 3. The van der Waals surface area contributed by atoms with Gasteiger partial charge in [0.05, 0.1) is 11.9 Å². The van der Waals surface area contributed by atoms with Crippen molar-refractivity contribution in [3.8, 4) is 11.5 Å². The lowest BCUT2D eigenvalue weighted by Gasteiger charge is -2.00. The molecule has 0 saturated carbocycles. The van der Waals surface area contributed by atoms with Crippen molar-refractivity contribution in [1.82, 2.24) is 15.2 Å². The molecule has 6 nitrogen and oxygen atoms in total. The molecule has 0 atom stereocenters. The SMILES string of the molecule is O=C(O)CCc1nnc(-c2ccnc3ccccc23)o1. The number of carboxylic acids is 1. The van der Waals surface area contributed by atoms with Crippen LogP contribution in [0, 0.1) is 0 Å². The van der Waals surface area contributed by atoms with E-state index in [1.807, 2.05) is 24.3 Å². The molecular weight excluding hydrogens is 258 g/mol. The van der Waals surface area contributed by atoms with E-state index >= 15 is 0 Å². The Balaban J connectivity index is 1.97. The smallest absolute Gasteiger partial charge is 0.303 e. The first-order valence-electron chi connectivity index (χ1n) is 6.12. The molecule has 0 fully saturated rings. The minimum Gasteiger partial charge on any atom is -0.481 e. The minimum atomic E-state index is -0.890. The third-order valence-corrected chi connectivity index (χ3v) is 2.90. The van der Waals surface area contributed by atoms with Crippen molar-refractivity contribution >= 4 is 16.9 Å². The summed E-state index contributed by atoms with van der Waals surface area (Å²) in [6.45, 7) is 0. The van der Waals surface area contributed by atoms with Crippen LogP contribution in [0.15, 0.2) is 40.9 Å². The molecule has 20 heavy (non-hydrogen) atoms. The molecule has 0 aliphatic heterocycles. The van der Waals surface area contributed by atoms with E-state index in [1.165, 1.54) is 0 Å². The summed E-state index contributed by atoms with van der Waals surface area (Å²) in [5.74, 6) is -0.189. The van der Waals surface area contributed by atoms with Crippen LogP contribution >= 0.6 is 0 Å². The summed E-state index contributed by atoms with van der Waals surface area (Å²) in [5, 5.41) is 17.4. The van der Waals surface area contributed by atoms with Crippen molar-refractivity contribution in [2.24, 2.45) is 0 Å². The number of benzene rings is 1. The van der Waals surface area contributed by atoms with E-state index in [-0.39, 0.29) is 12.8 Å². The van der Waals surface area contributed by atoms with Gasteiger partial charge in [-0.2, -0.15) is 0 Å². The second-order valence-corrected chi connectivity index (χ2v) is 4.27. The van der Waals surface area contributed by atoms with Crippen LogP contribution in [-0.4, -0.2) is 26.3 Å². The zero-order chi connectivity index (χ0) is 13.9. The number of carbonyl (C=O) groups is 1. The summed E-state index contributed by atoms with van der Waals surface area (Å²) in [5.41, 5.74) is 1.64. The van der Waals surface area contributed by atoms with Crippen LogP contribution in [0.3, 0.4) is 0 Å². The quantitative estimate of drug-likeness (QED) is 0.781. The summed E-state index contributed by atoms with van der Waals surface area (Å²) in [4.78, 5) is 14.8. The zero-order valence-electron chi connectivity index (χ0n) is 10.5. The lowest BCUT2D eigenvalue weighted by Crippen LogP contribution is -1.97. The number of para-hydroxylation sites is 1. The average Bonchev–Trinajstić information content (AvgIpc) is 2.93. The second-order valence-electron chi connectivity index (χ2n) is 4.27. The molecule has 1 N–H and O–H groups in total. The highest BCUT2D eigenvalue weighted by molar-refractivity contribution is 5.91. The first kappa shape index (κ1) is 12.3. The number of aliphatic carboxylic acids is 1. The van der Waals surface area contributed by atoms with Gasteiger partial charge in [0.1, 0.15) is 0 Å². The van der Waals surface area contributed by atoms with Crippen LogP contribution < -0.4 is 0 Å². The summed E-state index contributed by atoms with van der Waals surface area (Å²) in [7, 11) is 0. The Bertz CT molecular complexity index is 762. The highest BCUT2D eigenvalue weighted by Crippen LogP contribution is 2.26. The summed E-state index contributed by atoms with van der Waals surface area (Å²) in [6.07, 6.45) is 1.88. The molecule has 2 aromatic heterocycles. The zero-order valence-corrected chi connectivity index (χ0v) is 10.5. The third kappa shape index (κ3) is 2.35. The molecular formula is C14H11N3O3. The van der Waals surface area contributed by atoms with Crippen LogP contribution in [0.4, 0.5) is 0 Å². The Morgan fingerprint density at radius 3 is 2.90 bits per heavy atom. The molecule has 0 spiro atoms. The number of aryl methyl sites for hydroxylation is 1. The normalized spacial score (nSPS) is 10.8. The molecule has 0 unspecified atom stereocenters. The average molecular weight is 269 g/mol. The largest absolute Gasteiger partial charge is 0.481 e. The third-order valence-electron chi connectivity index (χ3n) is 2.90. The van der Waals surface area contributed by atoms with E-state index in [0.29, 0.717) is 11.8 Å². The van der Waals surface area contributed by atoms with Crippen LogP contribution in [0.1, 0.15) is 12.3 Å². The van der Waals surface area contributed by atoms with Gasteiger partial charge < -0.3 is 9.52 Å². The fraction of sp³-hybridized carbons (Fsp3) is 0.143. The monoisotopic (exact) mass is 269 g/mol. The number of hydrogen-bond donors (Lipinski definition) is 1. The summed E-state index contributed by atoms with van der Waals surface area (Å²) >= 11 is 0. The van der Waals surface area contributed by atoms with E-state index in [2.05, 4.69) is 15.2 Å². The molecule has 3 rings (SSSR count). The van der Waals surface area contributed by atoms with Gasteiger partial charge in [-0.15, -0.1) is 10.2 Å². The highest BCUT2D eigenvalue weighted by atomic mass is 16.4. The number of fused-ring (bicyclic) bond motifs is 1. The van der Waals surface area contributed by atoms with E-state index in [9.17, 15) is 4.79 Å². The van der Waals surface area contributed by atoms with Crippen LogP contribution in [-0.2, 0) is 11.2 Å². The van der Waals surface area contributed by atoms with Crippen LogP contribution in [0.5, 0.6) is 0 Å².